The third-order valence-electron chi connectivity index (χ3n) is 4.44. The minimum Gasteiger partial charge on any atom is -0.320 e. The molecule has 0 aliphatic carbocycles. The van der Waals surface area contributed by atoms with E-state index in [1.807, 2.05) is 0 Å². The lowest BCUT2D eigenvalue weighted by molar-refractivity contribution is 0.0860. The number of nitrogens with zero attached hydrogens (tertiary/aromatic N) is 1. The van der Waals surface area contributed by atoms with Gasteiger partial charge >= 0.3 is 0 Å². The Bertz CT molecular complexity index is 390. The molecule has 0 radical (unpaired) electrons. The van der Waals surface area contributed by atoms with E-state index in [0.717, 1.165) is 12.6 Å². The molecule has 20 heavy (non-hydrogen) atoms. The lowest BCUT2D eigenvalue weighted by Crippen LogP contribution is -2.43. The highest BCUT2D eigenvalue weighted by molar-refractivity contribution is 9.10. The number of likely N-dealkylation sites (tertiary alicyclic amines) is 1. The van der Waals surface area contributed by atoms with Crippen molar-refractivity contribution in [1.82, 2.24) is 10.2 Å². The van der Waals surface area contributed by atoms with E-state index in [1.54, 1.807) is 0 Å². The van der Waals surface area contributed by atoms with Crippen LogP contribution in [0.15, 0.2) is 28.7 Å². The summed E-state index contributed by atoms with van der Waals surface area (Å²) >= 11 is 3.54. The lowest BCUT2D eigenvalue weighted by Gasteiger charge is -2.41. The Labute approximate surface area is 132 Å². The second kappa shape index (κ2) is 8.16. The second-order valence-corrected chi connectivity index (χ2v) is 6.67. The average molecular weight is 339 g/mol. The van der Waals surface area contributed by atoms with Crippen LogP contribution in [-0.4, -0.2) is 31.1 Å². The molecule has 2 atom stereocenters. The molecule has 0 bridgehead atoms. The summed E-state index contributed by atoms with van der Waals surface area (Å²) in [7, 11) is 2.05. The van der Waals surface area contributed by atoms with E-state index < -0.39 is 0 Å². The van der Waals surface area contributed by atoms with E-state index in [0.29, 0.717) is 6.04 Å². The van der Waals surface area contributed by atoms with Gasteiger partial charge in [-0.3, -0.25) is 4.90 Å². The van der Waals surface area contributed by atoms with Crippen molar-refractivity contribution in [1.29, 1.82) is 0 Å². The maximum Gasteiger partial charge on any atom is 0.0348 e. The molecule has 3 heteroatoms. The van der Waals surface area contributed by atoms with E-state index >= 15 is 0 Å². The fourth-order valence-electron chi connectivity index (χ4n) is 3.40. The molecule has 2 rings (SSSR count). The summed E-state index contributed by atoms with van der Waals surface area (Å²) in [5.41, 5.74) is 1.46. The smallest absolute Gasteiger partial charge is 0.0348 e. The largest absolute Gasteiger partial charge is 0.320 e. The number of piperidine rings is 1. The number of hydrogen-bond donors (Lipinski definition) is 1. The van der Waals surface area contributed by atoms with Gasteiger partial charge in [0, 0.05) is 16.6 Å². The van der Waals surface area contributed by atoms with E-state index in [-0.39, 0.29) is 0 Å². The highest BCUT2D eigenvalue weighted by atomic mass is 79.9. The van der Waals surface area contributed by atoms with Crippen LogP contribution in [-0.2, 0) is 0 Å². The molecule has 2 unspecified atom stereocenters. The van der Waals surface area contributed by atoms with Crippen LogP contribution < -0.4 is 5.32 Å². The fraction of sp³-hybridized carbons (Fsp3) is 0.647. The molecule has 112 valence electrons. The molecule has 1 aliphatic heterocycles. The molecule has 1 aliphatic rings. The van der Waals surface area contributed by atoms with Crippen LogP contribution in [0.2, 0.25) is 0 Å². The first-order valence-corrected chi connectivity index (χ1v) is 8.71. The Kier molecular flexibility index (Phi) is 6.53. The van der Waals surface area contributed by atoms with Crippen molar-refractivity contribution in [2.24, 2.45) is 0 Å². The molecule has 1 heterocycles. The molecule has 0 amide bonds. The van der Waals surface area contributed by atoms with Gasteiger partial charge in [-0.25, -0.2) is 0 Å². The van der Waals surface area contributed by atoms with E-state index in [1.165, 1.54) is 48.7 Å². The molecule has 1 aromatic rings. The van der Waals surface area contributed by atoms with Crippen molar-refractivity contribution in [3.05, 3.63) is 34.3 Å². The highest BCUT2D eigenvalue weighted by Gasteiger charge is 2.28. The third kappa shape index (κ3) is 4.06. The van der Waals surface area contributed by atoms with Gasteiger partial charge < -0.3 is 5.32 Å². The van der Waals surface area contributed by atoms with Crippen LogP contribution in [0.25, 0.3) is 0 Å². The first-order valence-electron chi connectivity index (χ1n) is 7.92. The number of benzene rings is 1. The Morgan fingerprint density at radius 3 is 2.70 bits per heavy atom. The lowest BCUT2D eigenvalue weighted by atomic mass is 9.93. The summed E-state index contributed by atoms with van der Waals surface area (Å²) in [5, 5.41) is 3.31. The number of halogens is 1. The molecule has 1 N–H and O–H groups in total. The van der Waals surface area contributed by atoms with Crippen LogP contribution in [0.5, 0.6) is 0 Å². The summed E-state index contributed by atoms with van der Waals surface area (Å²) in [4.78, 5) is 2.75. The van der Waals surface area contributed by atoms with E-state index in [4.69, 9.17) is 0 Å². The molecule has 1 fully saturated rings. The van der Waals surface area contributed by atoms with E-state index in [9.17, 15) is 0 Å². The quantitative estimate of drug-likeness (QED) is 0.828. The van der Waals surface area contributed by atoms with Crippen molar-refractivity contribution in [3.63, 3.8) is 0 Å². The summed E-state index contributed by atoms with van der Waals surface area (Å²) < 4.78 is 1.17. The summed E-state index contributed by atoms with van der Waals surface area (Å²) in [5.74, 6) is 0. The Hall–Kier alpha value is -0.380. The minimum absolute atomic E-state index is 0.574. The zero-order chi connectivity index (χ0) is 14.4. The Morgan fingerprint density at radius 2 is 2.05 bits per heavy atom. The normalized spacial score (nSPS) is 21.9. The highest BCUT2D eigenvalue weighted by Crippen LogP contribution is 2.32. The van der Waals surface area contributed by atoms with Gasteiger partial charge in [0.1, 0.15) is 0 Å². The van der Waals surface area contributed by atoms with Gasteiger partial charge in [-0.2, -0.15) is 0 Å². The topological polar surface area (TPSA) is 15.3 Å². The predicted molar refractivity (Wildman–Crippen MR) is 90.1 cm³/mol. The molecular formula is C17H27BrN2. The standard InChI is InChI=1S/C17H27BrN2/c1-3-17(14-7-9-15(18)10-8-14)20-13-5-4-6-16(20)11-12-19-2/h7-10,16-17,19H,3-6,11-13H2,1-2H3. The van der Waals surface area contributed by atoms with Gasteiger partial charge in [-0.05, 0) is 63.5 Å². The van der Waals surface area contributed by atoms with Crippen molar-refractivity contribution >= 4 is 15.9 Å². The van der Waals surface area contributed by atoms with Crippen molar-refractivity contribution < 1.29 is 0 Å². The third-order valence-corrected chi connectivity index (χ3v) is 4.97. The van der Waals surface area contributed by atoms with Crippen LogP contribution in [0.3, 0.4) is 0 Å². The number of rotatable bonds is 6. The van der Waals surface area contributed by atoms with Gasteiger partial charge in [-0.15, -0.1) is 0 Å². The van der Waals surface area contributed by atoms with Gasteiger partial charge in [0.2, 0.25) is 0 Å². The van der Waals surface area contributed by atoms with Crippen LogP contribution in [0.4, 0.5) is 0 Å². The van der Waals surface area contributed by atoms with Crippen LogP contribution in [0, 0.1) is 0 Å². The second-order valence-electron chi connectivity index (χ2n) is 5.76. The molecular weight excluding hydrogens is 312 g/mol. The summed E-state index contributed by atoms with van der Waals surface area (Å²) in [6.07, 6.45) is 6.56. The zero-order valence-electron chi connectivity index (χ0n) is 12.7. The van der Waals surface area contributed by atoms with Gasteiger partial charge in [0.15, 0.2) is 0 Å². The maximum atomic E-state index is 3.54. The van der Waals surface area contributed by atoms with Crippen molar-refractivity contribution in [2.45, 2.75) is 51.1 Å². The molecule has 0 spiro atoms. The molecule has 1 aromatic carbocycles. The minimum atomic E-state index is 0.574. The van der Waals surface area contributed by atoms with Gasteiger partial charge in [0.05, 0.1) is 0 Å². The monoisotopic (exact) mass is 338 g/mol. The van der Waals surface area contributed by atoms with Gasteiger partial charge in [0.25, 0.3) is 0 Å². The number of nitrogens with one attached hydrogen (secondary N) is 1. The SMILES string of the molecule is CCC(c1ccc(Br)cc1)N1CCCCC1CCNC. The average Bonchev–Trinajstić information content (AvgIpc) is 2.49. The predicted octanol–water partition coefficient (Wildman–Crippen LogP) is 4.36. The van der Waals surface area contributed by atoms with Crippen LogP contribution >= 0.6 is 15.9 Å². The van der Waals surface area contributed by atoms with Crippen molar-refractivity contribution in [2.75, 3.05) is 20.1 Å². The first kappa shape index (κ1) is 16.0. The molecule has 2 nitrogen and oxygen atoms in total. The first-order chi connectivity index (χ1) is 9.76. The maximum absolute atomic E-state index is 3.54. The Morgan fingerprint density at radius 1 is 1.30 bits per heavy atom. The Balaban J connectivity index is 2.12. The van der Waals surface area contributed by atoms with E-state index in [2.05, 4.69) is 64.4 Å². The van der Waals surface area contributed by atoms with Crippen LogP contribution in [0.1, 0.15) is 50.6 Å². The molecule has 0 saturated carbocycles. The summed E-state index contributed by atoms with van der Waals surface area (Å²) in [6.45, 7) is 4.69. The zero-order valence-corrected chi connectivity index (χ0v) is 14.3. The van der Waals surface area contributed by atoms with Crippen molar-refractivity contribution in [3.8, 4) is 0 Å². The summed E-state index contributed by atoms with van der Waals surface area (Å²) in [6, 6.07) is 10.2. The molecule has 0 aromatic heterocycles. The number of hydrogen-bond acceptors (Lipinski definition) is 2. The fourth-order valence-corrected chi connectivity index (χ4v) is 3.67. The molecule has 1 saturated heterocycles. The van der Waals surface area contributed by atoms with Gasteiger partial charge in [-0.1, -0.05) is 41.4 Å².